The van der Waals surface area contributed by atoms with E-state index in [-0.39, 0.29) is 5.91 Å². The summed E-state index contributed by atoms with van der Waals surface area (Å²) in [7, 11) is 1.67. The van der Waals surface area contributed by atoms with Gasteiger partial charge in [-0.3, -0.25) is 9.48 Å². The van der Waals surface area contributed by atoms with E-state index in [2.05, 4.69) is 40.0 Å². The molecule has 5 aromatic rings. The summed E-state index contributed by atoms with van der Waals surface area (Å²) in [4.78, 5) is 19.5. The zero-order chi connectivity index (χ0) is 23.8. The van der Waals surface area contributed by atoms with E-state index < -0.39 is 0 Å². The van der Waals surface area contributed by atoms with Crippen LogP contribution in [-0.2, 0) is 6.54 Å². The van der Waals surface area contributed by atoms with E-state index in [1.165, 1.54) is 6.42 Å². The van der Waals surface area contributed by atoms with Gasteiger partial charge in [0.05, 0.1) is 24.7 Å². The molecule has 176 valence electrons. The molecular formula is C28H27N5O2. The normalized spacial score (nSPS) is 14.0. The van der Waals surface area contributed by atoms with Gasteiger partial charge in [0.1, 0.15) is 11.4 Å². The van der Waals surface area contributed by atoms with Gasteiger partial charge < -0.3 is 14.2 Å². The van der Waals surface area contributed by atoms with Crippen LogP contribution in [0.4, 0.5) is 0 Å². The number of pyridine rings is 1. The summed E-state index contributed by atoms with van der Waals surface area (Å²) in [5.41, 5.74) is 4.62. The fourth-order valence-corrected chi connectivity index (χ4v) is 4.84. The number of fused-ring (bicyclic) bond motifs is 2. The lowest BCUT2D eigenvalue weighted by Crippen LogP contribution is -2.35. The van der Waals surface area contributed by atoms with E-state index in [0.29, 0.717) is 12.1 Å². The standard InChI is InChI=1S/C28H27N5O2/c1-35-25-8-5-20(6-9-25)18-32-19-23-16-24(7-10-26(23)30-32)33-14-11-21-15-22(17-29-27(21)33)28(34)31-12-3-2-4-13-31/h5-11,14-17,19H,2-4,12-13,18H2,1H3. The third kappa shape index (κ3) is 4.14. The summed E-state index contributed by atoms with van der Waals surface area (Å²) in [6.45, 7) is 2.37. The van der Waals surface area contributed by atoms with Crippen LogP contribution < -0.4 is 4.74 Å². The number of likely N-dealkylation sites (tertiary alicyclic amines) is 1. The summed E-state index contributed by atoms with van der Waals surface area (Å²) in [6.07, 6.45) is 9.15. The van der Waals surface area contributed by atoms with Gasteiger partial charge in [-0.1, -0.05) is 12.1 Å². The maximum absolute atomic E-state index is 12.9. The van der Waals surface area contributed by atoms with Crippen molar-refractivity contribution in [3.63, 3.8) is 0 Å². The van der Waals surface area contributed by atoms with Gasteiger partial charge in [-0.05, 0) is 67.3 Å². The van der Waals surface area contributed by atoms with Crippen molar-refractivity contribution in [1.82, 2.24) is 24.2 Å². The molecule has 0 spiro atoms. The minimum absolute atomic E-state index is 0.0811. The van der Waals surface area contributed by atoms with Gasteiger partial charge in [0.15, 0.2) is 0 Å². The molecule has 0 N–H and O–H groups in total. The minimum atomic E-state index is 0.0811. The number of hydrogen-bond acceptors (Lipinski definition) is 4. The molecular weight excluding hydrogens is 438 g/mol. The number of amides is 1. The number of ether oxygens (including phenoxy) is 1. The number of methoxy groups -OCH3 is 1. The number of benzene rings is 2. The molecule has 7 nitrogen and oxygen atoms in total. The van der Waals surface area contributed by atoms with Gasteiger partial charge in [0.25, 0.3) is 5.91 Å². The van der Waals surface area contributed by atoms with E-state index in [1.54, 1.807) is 13.3 Å². The van der Waals surface area contributed by atoms with Crippen LogP contribution in [-0.4, -0.2) is 50.3 Å². The van der Waals surface area contributed by atoms with Crippen molar-refractivity contribution in [2.45, 2.75) is 25.8 Å². The van der Waals surface area contributed by atoms with Crippen molar-refractivity contribution in [3.05, 3.63) is 84.3 Å². The zero-order valence-corrected chi connectivity index (χ0v) is 19.7. The Hall–Kier alpha value is -4.13. The van der Waals surface area contributed by atoms with Crippen LogP contribution in [0, 0.1) is 0 Å². The molecule has 7 heteroatoms. The Morgan fingerprint density at radius 2 is 1.80 bits per heavy atom. The first-order valence-electron chi connectivity index (χ1n) is 12.0. The highest BCUT2D eigenvalue weighted by Crippen LogP contribution is 2.24. The molecule has 1 fully saturated rings. The lowest BCUT2D eigenvalue weighted by molar-refractivity contribution is 0.0724. The van der Waals surface area contributed by atoms with Crippen molar-refractivity contribution >= 4 is 27.8 Å². The second-order valence-corrected chi connectivity index (χ2v) is 9.09. The predicted octanol–water partition coefficient (Wildman–Crippen LogP) is 5.06. The Kier molecular flexibility index (Phi) is 5.45. The average molecular weight is 466 g/mol. The van der Waals surface area contributed by atoms with Gasteiger partial charge in [-0.2, -0.15) is 5.10 Å². The zero-order valence-electron chi connectivity index (χ0n) is 19.7. The Morgan fingerprint density at radius 1 is 0.971 bits per heavy atom. The third-order valence-electron chi connectivity index (χ3n) is 6.73. The molecule has 1 amide bonds. The van der Waals surface area contributed by atoms with E-state index in [1.807, 2.05) is 46.1 Å². The molecule has 3 aromatic heterocycles. The second kappa shape index (κ2) is 8.91. The molecule has 0 bridgehead atoms. The average Bonchev–Trinajstić information content (AvgIpc) is 3.51. The Labute approximate surface area is 203 Å². The van der Waals surface area contributed by atoms with Crippen LogP contribution in [0.25, 0.3) is 27.6 Å². The van der Waals surface area contributed by atoms with E-state index in [4.69, 9.17) is 9.84 Å². The molecule has 1 aliphatic heterocycles. The van der Waals surface area contributed by atoms with Crippen LogP contribution in [0.1, 0.15) is 35.2 Å². The first-order chi connectivity index (χ1) is 17.2. The topological polar surface area (TPSA) is 65.2 Å². The van der Waals surface area contributed by atoms with Crippen LogP contribution in [0.2, 0.25) is 0 Å². The number of carbonyl (C=O) groups excluding carboxylic acids is 1. The number of nitrogens with zero attached hydrogens (tertiary/aromatic N) is 5. The smallest absolute Gasteiger partial charge is 0.255 e. The van der Waals surface area contributed by atoms with E-state index in [9.17, 15) is 4.79 Å². The van der Waals surface area contributed by atoms with Gasteiger partial charge in [0, 0.05) is 48.1 Å². The lowest BCUT2D eigenvalue weighted by Gasteiger charge is -2.26. The number of carbonyl (C=O) groups is 1. The number of piperidine rings is 1. The first-order valence-corrected chi connectivity index (χ1v) is 12.0. The summed E-state index contributed by atoms with van der Waals surface area (Å²) in [5, 5.41) is 6.75. The highest BCUT2D eigenvalue weighted by molar-refractivity contribution is 5.97. The summed E-state index contributed by atoms with van der Waals surface area (Å²) >= 11 is 0. The number of hydrogen-bond donors (Lipinski definition) is 0. The highest BCUT2D eigenvalue weighted by Gasteiger charge is 2.19. The Balaban J connectivity index is 1.26. The van der Waals surface area contributed by atoms with Crippen molar-refractivity contribution in [2.75, 3.05) is 20.2 Å². The number of aromatic nitrogens is 4. The molecule has 35 heavy (non-hydrogen) atoms. The molecule has 0 aliphatic carbocycles. The molecule has 0 radical (unpaired) electrons. The first kappa shape index (κ1) is 21.4. The monoisotopic (exact) mass is 465 g/mol. The molecule has 0 atom stereocenters. The van der Waals surface area contributed by atoms with Crippen molar-refractivity contribution in [2.24, 2.45) is 0 Å². The van der Waals surface area contributed by atoms with E-state index in [0.717, 1.165) is 64.9 Å². The second-order valence-electron chi connectivity index (χ2n) is 9.09. The predicted molar refractivity (Wildman–Crippen MR) is 136 cm³/mol. The maximum atomic E-state index is 12.9. The molecule has 1 saturated heterocycles. The lowest BCUT2D eigenvalue weighted by atomic mass is 10.1. The fraction of sp³-hybridized carbons (Fsp3) is 0.250. The quantitative estimate of drug-likeness (QED) is 0.364. The Bertz CT molecular complexity index is 1510. The minimum Gasteiger partial charge on any atom is -0.497 e. The molecule has 0 unspecified atom stereocenters. The van der Waals surface area contributed by atoms with Gasteiger partial charge in [-0.25, -0.2) is 4.98 Å². The Morgan fingerprint density at radius 3 is 2.60 bits per heavy atom. The summed E-state index contributed by atoms with van der Waals surface area (Å²) < 4.78 is 9.26. The van der Waals surface area contributed by atoms with Crippen LogP contribution >= 0.6 is 0 Å². The van der Waals surface area contributed by atoms with Crippen LogP contribution in [0.3, 0.4) is 0 Å². The van der Waals surface area contributed by atoms with Crippen molar-refractivity contribution < 1.29 is 9.53 Å². The molecule has 6 rings (SSSR count). The van der Waals surface area contributed by atoms with Crippen molar-refractivity contribution in [1.29, 1.82) is 0 Å². The fourth-order valence-electron chi connectivity index (χ4n) is 4.84. The van der Waals surface area contributed by atoms with Crippen LogP contribution in [0.5, 0.6) is 5.75 Å². The summed E-state index contributed by atoms with van der Waals surface area (Å²) in [5.74, 6) is 0.928. The van der Waals surface area contributed by atoms with E-state index >= 15 is 0 Å². The SMILES string of the molecule is COc1ccc(Cn2cc3cc(-n4ccc5cc(C(=O)N6CCCCC6)cnc54)ccc3n2)cc1. The van der Waals surface area contributed by atoms with Crippen molar-refractivity contribution in [3.8, 4) is 11.4 Å². The number of rotatable bonds is 5. The maximum Gasteiger partial charge on any atom is 0.255 e. The van der Waals surface area contributed by atoms with Gasteiger partial charge in [0.2, 0.25) is 0 Å². The molecule has 2 aromatic carbocycles. The van der Waals surface area contributed by atoms with Crippen LogP contribution in [0.15, 0.2) is 73.2 Å². The summed E-state index contributed by atoms with van der Waals surface area (Å²) in [6, 6.07) is 18.2. The molecule has 4 heterocycles. The third-order valence-corrected chi connectivity index (χ3v) is 6.73. The largest absolute Gasteiger partial charge is 0.497 e. The molecule has 1 aliphatic rings. The highest BCUT2D eigenvalue weighted by atomic mass is 16.5. The van der Waals surface area contributed by atoms with Gasteiger partial charge in [-0.15, -0.1) is 0 Å². The van der Waals surface area contributed by atoms with Gasteiger partial charge >= 0.3 is 0 Å². The molecule has 0 saturated carbocycles.